The zero-order valence-corrected chi connectivity index (χ0v) is 17.6. The molecule has 10 heteroatoms. The van der Waals surface area contributed by atoms with Crippen molar-refractivity contribution >= 4 is 58.3 Å². The Labute approximate surface area is 182 Å². The molecule has 0 unspecified atom stereocenters. The summed E-state index contributed by atoms with van der Waals surface area (Å²) in [4.78, 5) is 39.0. The number of rotatable bonds is 6. The fraction of sp³-hybridized carbons (Fsp3) is 0.250. The third-order valence-corrected chi connectivity index (χ3v) is 5.36. The number of hydrogen-bond acceptors (Lipinski definition) is 4. The summed E-state index contributed by atoms with van der Waals surface area (Å²) in [6.07, 6.45) is 2.26. The zero-order chi connectivity index (χ0) is 21.7. The molecule has 1 heterocycles. The van der Waals surface area contributed by atoms with E-state index >= 15 is 0 Å². The van der Waals surface area contributed by atoms with E-state index in [-0.39, 0.29) is 17.5 Å². The highest BCUT2D eigenvalue weighted by atomic mass is 35.5. The molecule has 2 aromatic carbocycles. The van der Waals surface area contributed by atoms with Gasteiger partial charge in [0.05, 0.1) is 16.4 Å². The van der Waals surface area contributed by atoms with Crippen LogP contribution in [-0.4, -0.2) is 42.4 Å². The lowest BCUT2D eigenvalue weighted by atomic mass is 10.2. The highest BCUT2D eigenvalue weighted by molar-refractivity contribution is 7.98. The average molecular weight is 451 g/mol. The van der Waals surface area contributed by atoms with Crippen molar-refractivity contribution in [3.05, 3.63) is 53.3 Å². The van der Waals surface area contributed by atoms with Gasteiger partial charge in [0.25, 0.3) is 0 Å². The second-order valence-corrected chi connectivity index (χ2v) is 7.95. The molecule has 158 valence electrons. The first kappa shape index (κ1) is 21.9. The average Bonchev–Trinajstić information content (AvgIpc) is 2.72. The largest absolute Gasteiger partial charge is 0.326 e. The van der Waals surface area contributed by atoms with Gasteiger partial charge in [-0.15, -0.1) is 0 Å². The fourth-order valence-electron chi connectivity index (χ4n) is 2.95. The number of benzene rings is 2. The molecular formula is C20H20ClFN4O3S. The number of carbonyl (C=O) groups excluding carboxylic acids is 3. The molecule has 1 atom stereocenters. The second kappa shape index (κ2) is 9.82. The molecule has 0 aromatic heterocycles. The predicted octanol–water partition coefficient (Wildman–Crippen LogP) is 3.71. The van der Waals surface area contributed by atoms with Crippen LogP contribution in [0.5, 0.6) is 0 Å². The Morgan fingerprint density at radius 1 is 1.30 bits per heavy atom. The molecule has 0 bridgehead atoms. The van der Waals surface area contributed by atoms with Crippen LogP contribution in [-0.2, 0) is 9.59 Å². The van der Waals surface area contributed by atoms with E-state index in [0.717, 1.165) is 6.07 Å². The van der Waals surface area contributed by atoms with Crippen molar-refractivity contribution in [2.75, 3.05) is 34.1 Å². The first-order chi connectivity index (χ1) is 14.4. The summed E-state index contributed by atoms with van der Waals surface area (Å²) in [6, 6.07) is 9.34. The fourth-order valence-corrected chi connectivity index (χ4v) is 3.60. The summed E-state index contributed by atoms with van der Waals surface area (Å²) < 4.78 is 13.3. The zero-order valence-electron chi connectivity index (χ0n) is 16.1. The molecule has 2 aromatic rings. The number of halogens is 2. The molecule has 0 fully saturated rings. The van der Waals surface area contributed by atoms with Crippen LogP contribution in [0.15, 0.2) is 42.5 Å². The van der Waals surface area contributed by atoms with Crippen LogP contribution in [0, 0.1) is 5.82 Å². The van der Waals surface area contributed by atoms with Crippen molar-refractivity contribution < 1.29 is 18.8 Å². The smallest absolute Gasteiger partial charge is 0.323 e. The van der Waals surface area contributed by atoms with Crippen molar-refractivity contribution in [1.82, 2.24) is 5.32 Å². The minimum Gasteiger partial charge on any atom is -0.326 e. The number of nitrogens with one attached hydrogen (secondary N) is 3. The minimum absolute atomic E-state index is 0.117. The van der Waals surface area contributed by atoms with Crippen LogP contribution >= 0.6 is 23.4 Å². The first-order valence-electron chi connectivity index (χ1n) is 9.11. The molecular weight excluding hydrogens is 431 g/mol. The van der Waals surface area contributed by atoms with E-state index in [1.807, 2.05) is 6.26 Å². The highest BCUT2D eigenvalue weighted by Gasteiger charge is 2.29. The molecule has 0 saturated carbocycles. The summed E-state index contributed by atoms with van der Waals surface area (Å²) in [6.45, 7) is -0.159. The van der Waals surface area contributed by atoms with Gasteiger partial charge in [-0.25, -0.2) is 9.18 Å². The van der Waals surface area contributed by atoms with Crippen LogP contribution in [0.3, 0.4) is 0 Å². The van der Waals surface area contributed by atoms with Gasteiger partial charge in [0, 0.05) is 5.69 Å². The van der Waals surface area contributed by atoms with Crippen LogP contribution in [0.25, 0.3) is 0 Å². The van der Waals surface area contributed by atoms with Gasteiger partial charge >= 0.3 is 6.03 Å². The van der Waals surface area contributed by atoms with Crippen molar-refractivity contribution in [2.24, 2.45) is 0 Å². The monoisotopic (exact) mass is 450 g/mol. The van der Waals surface area contributed by atoms with E-state index in [4.69, 9.17) is 11.6 Å². The van der Waals surface area contributed by atoms with E-state index in [1.54, 1.807) is 24.3 Å². The van der Waals surface area contributed by atoms with Gasteiger partial charge in [0.15, 0.2) is 0 Å². The van der Waals surface area contributed by atoms with E-state index in [1.165, 1.54) is 28.8 Å². The Kier molecular flexibility index (Phi) is 7.17. The topological polar surface area (TPSA) is 90.5 Å². The molecule has 30 heavy (non-hydrogen) atoms. The maximum atomic E-state index is 13.3. The molecule has 0 radical (unpaired) electrons. The number of nitrogens with zero attached hydrogens (tertiary/aromatic N) is 1. The quantitative estimate of drug-likeness (QED) is 0.625. The number of para-hydroxylation sites is 2. The number of urea groups is 1. The van der Waals surface area contributed by atoms with E-state index in [2.05, 4.69) is 16.0 Å². The van der Waals surface area contributed by atoms with Crippen LogP contribution in [0.1, 0.15) is 6.42 Å². The summed E-state index contributed by atoms with van der Waals surface area (Å²) in [7, 11) is 0. The molecule has 1 aliphatic rings. The standard InChI is InChI=1S/C20H20ClFN4O3S/c1-30-9-8-16(19(28)23-12-6-7-14(22)13(21)10-12)25-20(29)26-11-18(27)24-15-4-2-3-5-17(15)26/h2-7,10,16H,8-9,11H2,1H3,(H,23,28)(H,24,27)(H,25,29)/t16-/m1/s1. The van der Waals surface area contributed by atoms with Gasteiger partial charge in [0.2, 0.25) is 11.8 Å². The maximum Gasteiger partial charge on any atom is 0.323 e. The summed E-state index contributed by atoms with van der Waals surface area (Å²) in [5.41, 5.74) is 1.39. The number of anilines is 3. The van der Waals surface area contributed by atoms with Gasteiger partial charge in [-0.1, -0.05) is 23.7 Å². The third kappa shape index (κ3) is 5.22. The van der Waals surface area contributed by atoms with Crippen molar-refractivity contribution in [1.29, 1.82) is 0 Å². The Bertz CT molecular complexity index is 975. The van der Waals surface area contributed by atoms with Crippen molar-refractivity contribution in [3.8, 4) is 0 Å². The molecule has 3 N–H and O–H groups in total. The van der Waals surface area contributed by atoms with Gasteiger partial charge < -0.3 is 16.0 Å². The normalized spacial score (nSPS) is 13.8. The SMILES string of the molecule is CSCC[C@@H](NC(=O)N1CC(=O)Nc2ccccc21)C(=O)Nc1ccc(F)c(Cl)c1. The molecule has 0 aliphatic carbocycles. The van der Waals surface area contributed by atoms with Crippen LogP contribution in [0.4, 0.5) is 26.2 Å². The number of fused-ring (bicyclic) bond motifs is 1. The van der Waals surface area contributed by atoms with Crippen LogP contribution in [0.2, 0.25) is 5.02 Å². The van der Waals surface area contributed by atoms with Gasteiger partial charge in [-0.3, -0.25) is 14.5 Å². The summed E-state index contributed by atoms with van der Waals surface area (Å²) >= 11 is 7.29. The number of thioether (sulfide) groups is 1. The summed E-state index contributed by atoms with van der Waals surface area (Å²) in [5.74, 6) is -0.756. The molecule has 7 nitrogen and oxygen atoms in total. The molecule has 0 spiro atoms. The molecule has 3 rings (SSSR count). The lowest BCUT2D eigenvalue weighted by Crippen LogP contribution is -2.53. The predicted molar refractivity (Wildman–Crippen MR) is 118 cm³/mol. The van der Waals surface area contributed by atoms with Gasteiger partial charge in [-0.2, -0.15) is 11.8 Å². The minimum atomic E-state index is -0.856. The Morgan fingerprint density at radius 3 is 2.80 bits per heavy atom. The molecule has 1 aliphatic heterocycles. The third-order valence-electron chi connectivity index (χ3n) is 4.43. The molecule has 4 amide bonds. The van der Waals surface area contributed by atoms with Crippen LogP contribution < -0.4 is 20.9 Å². The van der Waals surface area contributed by atoms with Crippen molar-refractivity contribution in [2.45, 2.75) is 12.5 Å². The Balaban J connectivity index is 1.75. The van der Waals surface area contributed by atoms with E-state index in [9.17, 15) is 18.8 Å². The second-order valence-electron chi connectivity index (χ2n) is 6.55. The Hall–Kier alpha value is -2.78. The number of amides is 4. The highest BCUT2D eigenvalue weighted by Crippen LogP contribution is 2.29. The number of carbonyl (C=O) groups is 3. The van der Waals surface area contributed by atoms with Gasteiger partial charge in [-0.05, 0) is 48.8 Å². The maximum absolute atomic E-state index is 13.3. The lowest BCUT2D eigenvalue weighted by molar-refractivity contribution is -0.118. The van der Waals surface area contributed by atoms with Gasteiger partial charge in [0.1, 0.15) is 18.4 Å². The first-order valence-corrected chi connectivity index (χ1v) is 10.9. The molecule has 0 saturated heterocycles. The Morgan fingerprint density at radius 2 is 2.07 bits per heavy atom. The van der Waals surface area contributed by atoms with E-state index < -0.39 is 23.8 Å². The number of hydrogen-bond donors (Lipinski definition) is 3. The lowest BCUT2D eigenvalue weighted by Gasteiger charge is -2.30. The van der Waals surface area contributed by atoms with E-state index in [0.29, 0.717) is 29.2 Å². The summed E-state index contributed by atoms with van der Waals surface area (Å²) in [5, 5.41) is 7.94. The van der Waals surface area contributed by atoms with Crippen molar-refractivity contribution in [3.63, 3.8) is 0 Å².